The van der Waals surface area contributed by atoms with Crippen LogP contribution in [0.15, 0.2) is 29.2 Å². The maximum atomic E-state index is 12.2. The molecular formula is C15H22F3NO3S. The summed E-state index contributed by atoms with van der Waals surface area (Å²) in [6.07, 6.45) is -2.19. The zero-order chi connectivity index (χ0) is 17.7. The van der Waals surface area contributed by atoms with E-state index in [0.717, 1.165) is 37.1 Å². The second-order valence-electron chi connectivity index (χ2n) is 5.87. The lowest BCUT2D eigenvalue weighted by molar-refractivity contribution is -0.274. The van der Waals surface area contributed by atoms with Crippen molar-refractivity contribution in [2.24, 2.45) is 5.92 Å². The number of alkyl halides is 3. The number of nitrogens with one attached hydrogen (secondary N) is 1. The smallest absolute Gasteiger partial charge is 0.406 e. The lowest BCUT2D eigenvalue weighted by Crippen LogP contribution is -2.32. The molecule has 8 heteroatoms. The molecule has 0 amide bonds. The predicted octanol–water partition coefficient (Wildman–Crippen LogP) is 4.08. The molecule has 132 valence electrons. The van der Waals surface area contributed by atoms with Crippen molar-refractivity contribution in [3.05, 3.63) is 24.3 Å². The number of hydrogen-bond donors (Lipinski definition) is 1. The molecule has 1 N–H and O–H groups in total. The van der Waals surface area contributed by atoms with Gasteiger partial charge in [0.05, 0.1) is 4.90 Å². The summed E-state index contributed by atoms with van der Waals surface area (Å²) < 4.78 is 66.8. The fourth-order valence-corrected chi connectivity index (χ4v) is 3.32. The van der Waals surface area contributed by atoms with E-state index in [0.29, 0.717) is 12.3 Å². The molecule has 0 aliphatic carbocycles. The molecule has 0 aliphatic heterocycles. The molecule has 1 atom stereocenters. The SMILES string of the molecule is CC(C)CCCC(C)NS(=O)(=O)c1ccc(OC(F)(F)F)cc1. The van der Waals surface area contributed by atoms with Crippen molar-refractivity contribution in [2.45, 2.75) is 57.3 Å². The summed E-state index contributed by atoms with van der Waals surface area (Å²) in [4.78, 5) is -0.0947. The molecule has 1 aromatic rings. The zero-order valence-electron chi connectivity index (χ0n) is 13.4. The summed E-state index contributed by atoms with van der Waals surface area (Å²) in [5.41, 5.74) is 0. The van der Waals surface area contributed by atoms with Gasteiger partial charge in [-0.3, -0.25) is 0 Å². The van der Waals surface area contributed by atoms with Crippen molar-refractivity contribution in [3.63, 3.8) is 0 Å². The van der Waals surface area contributed by atoms with Gasteiger partial charge in [0.2, 0.25) is 10.0 Å². The standard InChI is InChI=1S/C15H22F3NO3S/c1-11(2)5-4-6-12(3)19-23(20,21)14-9-7-13(8-10-14)22-15(16,17)18/h7-12,19H,4-6H2,1-3H3. The molecule has 0 aliphatic rings. The Morgan fingerprint density at radius 2 is 1.65 bits per heavy atom. The van der Waals surface area contributed by atoms with Crippen molar-refractivity contribution in [2.75, 3.05) is 0 Å². The third kappa shape index (κ3) is 7.69. The normalized spacial score (nSPS) is 14.0. The van der Waals surface area contributed by atoms with Crippen LogP contribution in [0.2, 0.25) is 0 Å². The Bertz CT molecular complexity index is 583. The first-order valence-electron chi connectivity index (χ1n) is 7.38. The third-order valence-electron chi connectivity index (χ3n) is 3.14. The molecule has 1 aromatic carbocycles. The molecule has 4 nitrogen and oxygen atoms in total. The Morgan fingerprint density at radius 3 is 2.13 bits per heavy atom. The Labute approximate surface area is 135 Å². The Morgan fingerprint density at radius 1 is 1.09 bits per heavy atom. The van der Waals surface area contributed by atoms with Crippen LogP contribution in [0.25, 0.3) is 0 Å². The van der Waals surface area contributed by atoms with Gasteiger partial charge in [-0.1, -0.05) is 26.7 Å². The van der Waals surface area contributed by atoms with Crippen LogP contribution >= 0.6 is 0 Å². The molecule has 0 heterocycles. The van der Waals surface area contributed by atoms with Crippen molar-refractivity contribution in [3.8, 4) is 5.75 Å². The van der Waals surface area contributed by atoms with Crippen LogP contribution in [0, 0.1) is 5.92 Å². The Kier molecular flexibility index (Phi) is 6.88. The van der Waals surface area contributed by atoms with E-state index < -0.39 is 22.1 Å². The van der Waals surface area contributed by atoms with Crippen molar-refractivity contribution >= 4 is 10.0 Å². The highest BCUT2D eigenvalue weighted by Gasteiger charge is 2.31. The van der Waals surface area contributed by atoms with Crippen molar-refractivity contribution in [1.82, 2.24) is 4.72 Å². The van der Waals surface area contributed by atoms with Gasteiger partial charge in [0, 0.05) is 6.04 Å². The molecule has 1 rings (SSSR count). The molecule has 0 radical (unpaired) electrons. The number of sulfonamides is 1. The summed E-state index contributed by atoms with van der Waals surface area (Å²) >= 11 is 0. The quantitative estimate of drug-likeness (QED) is 0.766. The van der Waals surface area contributed by atoms with E-state index in [1.165, 1.54) is 0 Å². The van der Waals surface area contributed by atoms with Gasteiger partial charge in [-0.2, -0.15) is 0 Å². The number of hydrogen-bond acceptors (Lipinski definition) is 3. The average Bonchev–Trinajstić information content (AvgIpc) is 2.36. The van der Waals surface area contributed by atoms with Crippen LogP contribution in [0.5, 0.6) is 5.75 Å². The fourth-order valence-electron chi connectivity index (χ4n) is 2.04. The second kappa shape index (κ2) is 8.01. The third-order valence-corrected chi connectivity index (χ3v) is 4.75. The Hall–Kier alpha value is -1.28. The molecule has 0 saturated heterocycles. The first kappa shape index (κ1) is 19.8. The fraction of sp³-hybridized carbons (Fsp3) is 0.600. The summed E-state index contributed by atoms with van der Waals surface area (Å²) in [5.74, 6) is 0.0985. The highest BCUT2D eigenvalue weighted by atomic mass is 32.2. The van der Waals surface area contributed by atoms with Crippen LogP contribution < -0.4 is 9.46 Å². The molecule has 1 unspecified atom stereocenters. The minimum absolute atomic E-state index is 0.0947. The minimum atomic E-state index is -4.80. The molecule has 0 fully saturated rings. The van der Waals surface area contributed by atoms with E-state index in [9.17, 15) is 21.6 Å². The van der Waals surface area contributed by atoms with Gasteiger partial charge in [0.1, 0.15) is 5.75 Å². The number of ether oxygens (including phenoxy) is 1. The molecule has 0 bridgehead atoms. The average molecular weight is 353 g/mol. The van der Waals surface area contributed by atoms with E-state index in [1.54, 1.807) is 6.92 Å². The van der Waals surface area contributed by atoms with Gasteiger partial charge >= 0.3 is 6.36 Å². The lowest BCUT2D eigenvalue weighted by Gasteiger charge is -2.15. The Balaban J connectivity index is 2.65. The van der Waals surface area contributed by atoms with Crippen LogP contribution in [0.3, 0.4) is 0 Å². The summed E-state index contributed by atoms with van der Waals surface area (Å²) in [7, 11) is -3.76. The monoisotopic (exact) mass is 353 g/mol. The molecule has 0 aromatic heterocycles. The molecule has 0 saturated carbocycles. The molecule has 0 spiro atoms. The van der Waals surface area contributed by atoms with Crippen molar-refractivity contribution in [1.29, 1.82) is 0 Å². The van der Waals surface area contributed by atoms with Gasteiger partial charge in [-0.05, 0) is 43.5 Å². The first-order chi connectivity index (χ1) is 10.5. The number of halogens is 3. The molecule has 23 heavy (non-hydrogen) atoms. The summed E-state index contributed by atoms with van der Waals surface area (Å²) in [6.45, 7) is 5.96. The number of rotatable bonds is 8. The van der Waals surface area contributed by atoms with Crippen LogP contribution in [-0.4, -0.2) is 20.8 Å². The van der Waals surface area contributed by atoms with E-state index in [2.05, 4.69) is 23.3 Å². The largest absolute Gasteiger partial charge is 0.573 e. The maximum absolute atomic E-state index is 12.2. The number of benzene rings is 1. The second-order valence-corrected chi connectivity index (χ2v) is 7.58. The van der Waals surface area contributed by atoms with Gasteiger partial charge in [0.15, 0.2) is 0 Å². The first-order valence-corrected chi connectivity index (χ1v) is 8.86. The van der Waals surface area contributed by atoms with Crippen LogP contribution in [-0.2, 0) is 10.0 Å². The minimum Gasteiger partial charge on any atom is -0.406 e. The van der Waals surface area contributed by atoms with Gasteiger partial charge in [-0.25, -0.2) is 13.1 Å². The summed E-state index contributed by atoms with van der Waals surface area (Å²) in [6, 6.07) is 3.88. The van der Waals surface area contributed by atoms with E-state index in [-0.39, 0.29) is 10.9 Å². The molecular weight excluding hydrogens is 331 g/mol. The predicted molar refractivity (Wildman–Crippen MR) is 81.6 cm³/mol. The lowest BCUT2D eigenvalue weighted by atomic mass is 10.0. The highest BCUT2D eigenvalue weighted by molar-refractivity contribution is 7.89. The zero-order valence-corrected chi connectivity index (χ0v) is 14.2. The maximum Gasteiger partial charge on any atom is 0.573 e. The topological polar surface area (TPSA) is 55.4 Å². The highest BCUT2D eigenvalue weighted by Crippen LogP contribution is 2.24. The van der Waals surface area contributed by atoms with Gasteiger partial charge in [-0.15, -0.1) is 13.2 Å². The van der Waals surface area contributed by atoms with E-state index >= 15 is 0 Å². The van der Waals surface area contributed by atoms with Crippen LogP contribution in [0.4, 0.5) is 13.2 Å². The van der Waals surface area contributed by atoms with Crippen molar-refractivity contribution < 1.29 is 26.3 Å². The van der Waals surface area contributed by atoms with Gasteiger partial charge in [0.25, 0.3) is 0 Å². The summed E-state index contributed by atoms with van der Waals surface area (Å²) in [5, 5.41) is 0. The van der Waals surface area contributed by atoms with Gasteiger partial charge < -0.3 is 4.74 Å². The van der Waals surface area contributed by atoms with Crippen LogP contribution in [0.1, 0.15) is 40.0 Å². The van der Waals surface area contributed by atoms with E-state index in [4.69, 9.17) is 0 Å². The van der Waals surface area contributed by atoms with E-state index in [1.807, 2.05) is 0 Å².